The van der Waals surface area contributed by atoms with Gasteiger partial charge in [-0.25, -0.2) is 4.98 Å². The van der Waals surface area contributed by atoms with Crippen molar-refractivity contribution in [1.29, 1.82) is 0 Å². The van der Waals surface area contributed by atoms with Crippen LogP contribution in [0.1, 0.15) is 16.7 Å². The van der Waals surface area contributed by atoms with Crippen LogP contribution >= 0.6 is 24.0 Å². The lowest BCUT2D eigenvalue weighted by Crippen LogP contribution is -2.39. The quantitative estimate of drug-likeness (QED) is 0.250. The molecule has 0 aliphatic carbocycles. The van der Waals surface area contributed by atoms with Crippen LogP contribution < -0.4 is 20.1 Å². The van der Waals surface area contributed by atoms with E-state index in [-0.39, 0.29) is 36.5 Å². The van der Waals surface area contributed by atoms with Gasteiger partial charge in [0.2, 0.25) is 5.88 Å². The van der Waals surface area contributed by atoms with E-state index in [1.54, 1.807) is 14.2 Å². The van der Waals surface area contributed by atoms with Crippen LogP contribution in [0.4, 0.5) is 13.2 Å². The summed E-state index contributed by atoms with van der Waals surface area (Å²) in [6, 6.07) is 8.07. The molecule has 0 radical (unpaired) electrons. The van der Waals surface area contributed by atoms with E-state index in [1.165, 1.54) is 6.07 Å². The fraction of sp³-hybridized carbons (Fsp3) is 0.368. The predicted molar refractivity (Wildman–Crippen MR) is 116 cm³/mol. The smallest absolute Gasteiger partial charge is 0.417 e. The topological polar surface area (TPSA) is 67.8 Å². The third kappa shape index (κ3) is 7.95. The molecule has 2 N–H and O–H groups in total. The Morgan fingerprint density at radius 2 is 1.93 bits per heavy atom. The molecule has 160 valence electrons. The zero-order valence-electron chi connectivity index (χ0n) is 16.3. The van der Waals surface area contributed by atoms with Gasteiger partial charge in [0, 0.05) is 31.4 Å². The first-order chi connectivity index (χ1) is 13.3. The first-order valence-corrected chi connectivity index (χ1v) is 8.57. The van der Waals surface area contributed by atoms with Crippen LogP contribution in [-0.4, -0.2) is 38.3 Å². The van der Waals surface area contributed by atoms with Gasteiger partial charge in [-0.05, 0) is 24.6 Å². The second kappa shape index (κ2) is 11.7. The number of nitrogens with zero attached hydrogens (tertiary/aromatic N) is 2. The highest BCUT2D eigenvalue weighted by Crippen LogP contribution is 2.29. The van der Waals surface area contributed by atoms with Crippen LogP contribution in [0.2, 0.25) is 0 Å². The molecule has 0 atom stereocenters. The molecule has 0 saturated heterocycles. The number of aromatic nitrogens is 1. The van der Waals surface area contributed by atoms with Crippen molar-refractivity contribution in [1.82, 2.24) is 15.6 Å². The van der Waals surface area contributed by atoms with Gasteiger partial charge in [0.15, 0.2) is 5.96 Å². The summed E-state index contributed by atoms with van der Waals surface area (Å²) in [5.74, 6) is 1.48. The number of methoxy groups -OCH3 is 1. The molecule has 2 rings (SSSR count). The number of ether oxygens (including phenoxy) is 2. The van der Waals surface area contributed by atoms with Gasteiger partial charge in [-0.1, -0.05) is 12.1 Å². The van der Waals surface area contributed by atoms with Gasteiger partial charge in [0.25, 0.3) is 0 Å². The zero-order valence-corrected chi connectivity index (χ0v) is 18.7. The molecule has 0 unspecified atom stereocenters. The Balaban J connectivity index is 0.00000420. The SMILES string of the molecule is CN=C(NCCOc1ccc(C(F)(F)F)cn1)NCc1ccc(C)cc1OC.I. The van der Waals surface area contributed by atoms with Crippen LogP contribution in [0, 0.1) is 6.92 Å². The summed E-state index contributed by atoms with van der Waals surface area (Å²) < 4.78 is 48.2. The van der Waals surface area contributed by atoms with Gasteiger partial charge in [-0.15, -0.1) is 24.0 Å². The summed E-state index contributed by atoms with van der Waals surface area (Å²) in [6.07, 6.45) is -3.66. The summed E-state index contributed by atoms with van der Waals surface area (Å²) in [4.78, 5) is 7.77. The molecular weight excluding hydrogens is 500 g/mol. The Hall–Kier alpha value is -2.24. The molecule has 0 amide bonds. The van der Waals surface area contributed by atoms with Crippen LogP contribution in [0.15, 0.2) is 41.5 Å². The summed E-state index contributed by atoms with van der Waals surface area (Å²) in [6.45, 7) is 3.12. The number of aryl methyl sites for hydroxylation is 1. The molecule has 29 heavy (non-hydrogen) atoms. The van der Waals surface area contributed by atoms with E-state index in [4.69, 9.17) is 9.47 Å². The van der Waals surface area contributed by atoms with Gasteiger partial charge in [-0.3, -0.25) is 4.99 Å². The number of guanidine groups is 1. The van der Waals surface area contributed by atoms with Crippen molar-refractivity contribution in [2.24, 2.45) is 4.99 Å². The van der Waals surface area contributed by atoms with E-state index >= 15 is 0 Å². The number of benzene rings is 1. The maximum absolute atomic E-state index is 12.5. The average Bonchev–Trinajstić information content (AvgIpc) is 2.67. The first-order valence-electron chi connectivity index (χ1n) is 8.57. The minimum Gasteiger partial charge on any atom is -0.496 e. The van der Waals surface area contributed by atoms with Crippen molar-refractivity contribution in [3.8, 4) is 11.6 Å². The molecular formula is C19H24F3IN4O2. The molecule has 10 heteroatoms. The molecule has 0 spiro atoms. The van der Waals surface area contributed by atoms with Crippen molar-refractivity contribution in [3.05, 3.63) is 53.2 Å². The monoisotopic (exact) mass is 524 g/mol. The van der Waals surface area contributed by atoms with Crippen molar-refractivity contribution < 1.29 is 22.6 Å². The van der Waals surface area contributed by atoms with Crippen LogP contribution in [0.25, 0.3) is 0 Å². The molecule has 0 aliphatic heterocycles. The minimum atomic E-state index is -4.41. The molecule has 2 aromatic rings. The number of alkyl halides is 3. The fourth-order valence-electron chi connectivity index (χ4n) is 2.36. The largest absolute Gasteiger partial charge is 0.496 e. The number of aliphatic imine (C=N–C) groups is 1. The number of halogens is 4. The van der Waals surface area contributed by atoms with Crippen molar-refractivity contribution >= 4 is 29.9 Å². The number of pyridine rings is 1. The van der Waals surface area contributed by atoms with Crippen LogP contribution in [-0.2, 0) is 12.7 Å². The Labute approximate surface area is 184 Å². The molecule has 0 bridgehead atoms. The highest BCUT2D eigenvalue weighted by molar-refractivity contribution is 14.0. The molecule has 1 heterocycles. The third-order valence-corrected chi connectivity index (χ3v) is 3.82. The second-order valence-corrected chi connectivity index (χ2v) is 5.90. The van der Waals surface area contributed by atoms with Gasteiger partial charge >= 0.3 is 6.18 Å². The maximum atomic E-state index is 12.5. The fourth-order valence-corrected chi connectivity index (χ4v) is 2.36. The second-order valence-electron chi connectivity index (χ2n) is 5.90. The van der Waals surface area contributed by atoms with E-state index in [9.17, 15) is 13.2 Å². The molecule has 1 aromatic heterocycles. The summed E-state index contributed by atoms with van der Waals surface area (Å²) in [5, 5.41) is 6.23. The van der Waals surface area contributed by atoms with E-state index in [2.05, 4.69) is 20.6 Å². The zero-order chi connectivity index (χ0) is 20.6. The minimum absolute atomic E-state index is 0. The van der Waals surface area contributed by atoms with E-state index < -0.39 is 11.7 Å². The van der Waals surface area contributed by atoms with Crippen molar-refractivity contribution in [2.45, 2.75) is 19.6 Å². The van der Waals surface area contributed by atoms with E-state index in [1.807, 2.05) is 25.1 Å². The Morgan fingerprint density at radius 3 is 2.52 bits per heavy atom. The molecule has 1 aromatic carbocycles. The number of hydrogen-bond acceptors (Lipinski definition) is 4. The standard InChI is InChI=1S/C19H23F3N4O2.HI/c1-13-4-5-14(16(10-13)27-3)11-26-18(23-2)24-8-9-28-17-7-6-15(12-25-17)19(20,21)22;/h4-7,10,12H,8-9,11H2,1-3H3,(H2,23,24,26);1H. The molecule has 0 fully saturated rings. The predicted octanol–water partition coefficient (Wildman–Crippen LogP) is 3.78. The summed E-state index contributed by atoms with van der Waals surface area (Å²) >= 11 is 0. The van der Waals surface area contributed by atoms with Gasteiger partial charge < -0.3 is 20.1 Å². The summed E-state index contributed by atoms with van der Waals surface area (Å²) in [7, 11) is 3.26. The highest BCUT2D eigenvalue weighted by atomic mass is 127. The van der Waals surface area contributed by atoms with E-state index in [0.29, 0.717) is 19.0 Å². The highest BCUT2D eigenvalue weighted by Gasteiger charge is 2.30. The normalized spacial score (nSPS) is 11.4. The number of hydrogen-bond donors (Lipinski definition) is 2. The molecule has 6 nitrogen and oxygen atoms in total. The van der Waals surface area contributed by atoms with Crippen LogP contribution in [0.3, 0.4) is 0 Å². The Kier molecular flexibility index (Phi) is 9.99. The molecule has 0 aliphatic rings. The van der Waals surface area contributed by atoms with Crippen molar-refractivity contribution in [2.75, 3.05) is 27.3 Å². The third-order valence-electron chi connectivity index (χ3n) is 3.82. The Bertz CT molecular complexity index is 799. The lowest BCUT2D eigenvalue weighted by molar-refractivity contribution is -0.137. The maximum Gasteiger partial charge on any atom is 0.417 e. The lowest BCUT2D eigenvalue weighted by atomic mass is 10.1. The average molecular weight is 524 g/mol. The van der Waals surface area contributed by atoms with Gasteiger partial charge in [0.05, 0.1) is 19.2 Å². The van der Waals surface area contributed by atoms with Gasteiger partial charge in [0.1, 0.15) is 12.4 Å². The lowest BCUT2D eigenvalue weighted by Gasteiger charge is -2.14. The number of nitrogens with one attached hydrogen (secondary N) is 2. The number of rotatable bonds is 7. The van der Waals surface area contributed by atoms with Crippen LogP contribution in [0.5, 0.6) is 11.6 Å². The van der Waals surface area contributed by atoms with Crippen molar-refractivity contribution in [3.63, 3.8) is 0 Å². The van der Waals surface area contributed by atoms with E-state index in [0.717, 1.165) is 29.1 Å². The van der Waals surface area contributed by atoms with Gasteiger partial charge in [-0.2, -0.15) is 13.2 Å². The summed E-state index contributed by atoms with van der Waals surface area (Å²) in [5.41, 5.74) is 1.28. The molecule has 0 saturated carbocycles. The Morgan fingerprint density at radius 1 is 1.17 bits per heavy atom. The first kappa shape index (κ1) is 24.8.